The van der Waals surface area contributed by atoms with Crippen LogP contribution in [-0.2, 0) is 33.1 Å². The highest BCUT2D eigenvalue weighted by Crippen LogP contribution is 2.36. The molecular formula is C71H123N26O29P. The number of amides is 1. The van der Waals surface area contributed by atoms with Gasteiger partial charge in [-0.25, -0.2) is 79.3 Å². The van der Waals surface area contributed by atoms with Gasteiger partial charge in [0.1, 0.15) is 73.0 Å². The molecule has 1 rings (SSSR count). The Kier molecular flexibility index (Phi) is 50.4. The second-order valence-corrected chi connectivity index (χ2v) is 30.8. The average molecular weight is 1840 g/mol. The molecule has 1 heterocycles. The van der Waals surface area contributed by atoms with E-state index in [4.69, 9.17) is 44.6 Å². The Hall–Kier alpha value is -12.8. The molecule has 56 heteroatoms. The van der Waals surface area contributed by atoms with Crippen LogP contribution in [0.2, 0.25) is 0 Å². The molecule has 716 valence electrons. The summed E-state index contributed by atoms with van der Waals surface area (Å²) >= 11 is 0. The fourth-order valence-corrected chi connectivity index (χ4v) is 11.6. The number of hydrogen-bond acceptors (Lipinski definition) is 27. The molecule has 15 atom stereocenters. The van der Waals surface area contributed by atoms with Gasteiger partial charge in [0.15, 0.2) is 47.8 Å². The maximum absolute atomic E-state index is 14.1. The number of carbonyl (C=O) groups excluding carboxylic acids is 1. The molecule has 1 aliphatic heterocycles. The summed E-state index contributed by atoms with van der Waals surface area (Å²) in [6.45, 7) is 6.54. The molecule has 127 heavy (non-hydrogen) atoms. The highest BCUT2D eigenvalue weighted by Gasteiger charge is 2.39. The number of aliphatic hydroxyl groups is 16. The summed E-state index contributed by atoms with van der Waals surface area (Å²) in [6.07, 6.45) is -5.11. The first-order valence-electron chi connectivity index (χ1n) is 39.6. The highest BCUT2D eigenvalue weighted by molar-refractivity contribution is 7.46. The van der Waals surface area contributed by atoms with E-state index in [9.17, 15) is 140 Å². The molecule has 0 saturated carbocycles. The number of hydrogen-bond donors (Lipinski definition) is 33. The number of phosphoric acid groups is 1. The first kappa shape index (κ1) is 112. The van der Waals surface area contributed by atoms with Crippen LogP contribution in [0, 0.1) is 33.5 Å². The van der Waals surface area contributed by atoms with E-state index < -0.39 is 293 Å². The Balaban J connectivity index is 3.99. The Bertz CT molecular complexity index is 4190. The van der Waals surface area contributed by atoms with Crippen molar-refractivity contribution in [1.29, 1.82) is 21.6 Å². The van der Waals surface area contributed by atoms with Gasteiger partial charge >= 0.3 is 31.7 Å². The molecule has 0 aromatic rings. The largest absolute Gasteiger partial charge is 0.497 e. The minimum atomic E-state index is -5.39. The smallest absolute Gasteiger partial charge is 0.469 e. The zero-order valence-corrected chi connectivity index (χ0v) is 71.8. The number of carbonyl (C=O) groups is 5. The first-order valence-corrected chi connectivity index (χ1v) is 41.1. The molecule has 1 saturated heterocycles. The summed E-state index contributed by atoms with van der Waals surface area (Å²) in [5, 5.41) is 254. The van der Waals surface area contributed by atoms with E-state index in [1.165, 1.54) is 6.92 Å². The lowest BCUT2D eigenvalue weighted by molar-refractivity contribution is -0.139. The van der Waals surface area contributed by atoms with Crippen LogP contribution in [0.4, 0.5) is 0 Å². The van der Waals surface area contributed by atoms with Gasteiger partial charge in [-0.1, -0.05) is 27.7 Å². The molecule has 1 aliphatic rings. The number of nitrogens with zero attached hydrogens (tertiary/aromatic N) is 15. The minimum Gasteiger partial charge on any atom is -0.497 e. The Morgan fingerprint density at radius 2 is 0.795 bits per heavy atom. The molecule has 0 radical (unpaired) electrons. The number of phosphoric ester groups is 1. The standard InChI is InChI=1S/C71H123N26O29P/c1-32(2)26-43(93-61(114)42(18-21-52(103)104)91-60(113)41(17-20-51(101)102)88-56(109)36(7)84-55(108)35(6)86-58(111)38(13-9-23-81-70(76)77)89-57(110)37(72)12-8-22-80-69(74)75)63(116)94-44(28-53(105)106)64(117)96-46(30-98)65(118)90-39(14-10-24-82-71(78)79)59(112)85-34(5)54(107)83-29-50(100)87-47(31-126-127(123,124)125)67(120)97-25-11-15-48(97)66(119)92-40(16-19-49(73)99)62(115)95-45(68(121)122)27-33(3)4/h32-48,98H,8-31,72H2,1-7H3,(H2,73,99)(H,83,107)(H,84,108)(H,85,112)(H,86,111)(H,87,100)(H,88,109)(H,89,110)(H,90,118)(H,91,113)(H,92,119)(H,93,114)(H,94,116)(H,95,115)(H,96,117)(H,101,102)(H,103,104)(H,105,106)(H,121,122)(H4,74,75,80)(H4,76,77,81)(H4,78,79,82)(H2,123,124,125)/t34-,35-,36-,37-,38-,39-,40-,41-,42-,43-,44-,45-,46-,47-,48-/m0/s1. The lowest BCUT2D eigenvalue weighted by atomic mass is 10.0. The number of aliphatic carboxylic acids is 4. The summed E-state index contributed by atoms with van der Waals surface area (Å²) in [4.78, 5) is 137. The number of nitrogens with two attached hydrogens (primary N) is 4. The normalized spacial score (nSPS) is 18.5. The third kappa shape index (κ3) is 46.2. The number of likely N-dealkylation sites (tertiary alicyclic amines) is 1. The van der Waals surface area contributed by atoms with E-state index in [2.05, 4.69) is 90.4 Å². The van der Waals surface area contributed by atoms with Crippen LogP contribution in [0.1, 0.15) is 158 Å². The third-order valence-corrected chi connectivity index (χ3v) is 18.2. The fraction of sp³-hybridized carbons (Fsp3) is 0.676. The number of rotatable bonds is 61. The van der Waals surface area contributed by atoms with Gasteiger partial charge in [-0.2, -0.15) is 0 Å². The van der Waals surface area contributed by atoms with Crippen molar-refractivity contribution in [3.05, 3.63) is 0 Å². The topological polar surface area (TPSA) is 969 Å². The van der Waals surface area contributed by atoms with Crippen LogP contribution >= 0.6 is 7.82 Å². The molecule has 0 aliphatic carbocycles. The van der Waals surface area contributed by atoms with Gasteiger partial charge in [0, 0.05) is 45.4 Å². The van der Waals surface area contributed by atoms with Crippen LogP contribution < -0.4 is 38.9 Å². The molecule has 55 nitrogen and oxygen atoms in total. The van der Waals surface area contributed by atoms with E-state index in [-0.39, 0.29) is 102 Å². The molecule has 0 bridgehead atoms. The monoisotopic (exact) mass is 1830 g/mol. The summed E-state index contributed by atoms with van der Waals surface area (Å²) < 4.78 is 16.4. The summed E-state index contributed by atoms with van der Waals surface area (Å²) in [7, 11) is -5.39. The summed E-state index contributed by atoms with van der Waals surface area (Å²) in [6, 6.07) is -25.0. The number of guanidine groups is 3. The average Bonchev–Trinajstić information content (AvgIpc) is 1.71. The molecule has 1 amide bonds. The van der Waals surface area contributed by atoms with E-state index in [1.807, 2.05) is 0 Å². The molecule has 37 N–H and O–H groups in total. The van der Waals surface area contributed by atoms with Crippen LogP contribution in [0.5, 0.6) is 0 Å². The predicted octanol–water partition coefficient (Wildman–Crippen LogP) is 1.14. The maximum Gasteiger partial charge on any atom is 0.469 e. The second kappa shape index (κ2) is 57.0. The van der Waals surface area contributed by atoms with Crippen molar-refractivity contribution >= 4 is 144 Å². The number of nitrogens with one attached hydrogen (secondary N) is 7. The van der Waals surface area contributed by atoms with Crippen molar-refractivity contribution in [3.8, 4) is 0 Å². The van der Waals surface area contributed by atoms with Gasteiger partial charge in [-0.15, -0.1) is 0 Å². The van der Waals surface area contributed by atoms with Gasteiger partial charge in [-0.3, -0.25) is 45.3 Å². The Morgan fingerprint density at radius 1 is 0.433 bits per heavy atom. The number of carboxylic acids is 4. The Morgan fingerprint density at radius 3 is 1.24 bits per heavy atom. The van der Waals surface area contributed by atoms with Gasteiger partial charge in [0.05, 0.1) is 25.7 Å². The highest BCUT2D eigenvalue weighted by atomic mass is 31.2. The van der Waals surface area contributed by atoms with Gasteiger partial charge < -0.3 is 156 Å². The lowest BCUT2D eigenvalue weighted by Gasteiger charge is -2.27. The van der Waals surface area contributed by atoms with Gasteiger partial charge in [0.2, 0.25) is 76.7 Å². The quantitative estimate of drug-likeness (QED) is 0.0176. The number of aliphatic hydroxyl groups excluding tert-OH is 16. The SMILES string of the molecule is CC(C)C[C@H](N=C(O)[C@H](CCC(=N)O)N=C(O)[C@@H]1CCCN1C(=O)[C@H](COP(=O)(O)O)N=C(O)CN=C(O)[C@H](C)N=C(O)[C@H](CCCNC(=N)N)N=C(O)[C@H](CO)N=C(O)[C@H](CC(=O)O)N=C(O)[C@H](CC(C)C)N=C(O)[C@H](CCC(=O)O)N=C(O)[C@H](CCC(=O)O)N=C(O)[C@H](C)N=C(O)[C@H](C)N=C(O)[C@H](CCCNC(=N)N)N=C(O)[C@@H](N)CCCNC(=N)N)C(=O)O. The van der Waals surface area contributed by atoms with Crippen molar-refractivity contribution in [2.45, 2.75) is 248 Å². The molecule has 0 spiro atoms. The minimum absolute atomic E-state index is 0.0313. The van der Waals surface area contributed by atoms with Gasteiger partial charge in [0.25, 0.3) is 5.91 Å². The molecule has 0 aromatic carbocycles. The van der Waals surface area contributed by atoms with E-state index >= 15 is 0 Å². The molecule has 1 fully saturated rings. The van der Waals surface area contributed by atoms with Crippen LogP contribution in [-0.4, -0.2) is 390 Å². The summed E-state index contributed by atoms with van der Waals surface area (Å²) in [5.74, 6) is -24.2. The van der Waals surface area contributed by atoms with Crippen LogP contribution in [0.3, 0.4) is 0 Å². The maximum atomic E-state index is 14.1. The predicted molar refractivity (Wildman–Crippen MR) is 469 cm³/mol. The van der Waals surface area contributed by atoms with Crippen molar-refractivity contribution in [2.75, 3.05) is 45.9 Å². The molecular weight excluding hydrogens is 1710 g/mol. The number of carboxylic acid groups (broad SMARTS) is 4. The van der Waals surface area contributed by atoms with Crippen molar-refractivity contribution in [2.24, 2.45) is 105 Å². The first-order chi connectivity index (χ1) is 59.2. The van der Waals surface area contributed by atoms with Crippen molar-refractivity contribution < 1.29 is 145 Å². The fourth-order valence-electron chi connectivity index (χ4n) is 11.2. The van der Waals surface area contributed by atoms with Crippen LogP contribution in [0.25, 0.3) is 0 Å². The lowest BCUT2D eigenvalue weighted by Crippen LogP contribution is -2.47. The third-order valence-electron chi connectivity index (χ3n) is 17.7. The van der Waals surface area contributed by atoms with Gasteiger partial charge in [-0.05, 0) is 116 Å². The van der Waals surface area contributed by atoms with E-state index in [0.717, 1.165) is 18.7 Å². The summed E-state index contributed by atoms with van der Waals surface area (Å²) in [5.41, 5.74) is 22.2. The van der Waals surface area contributed by atoms with Crippen LogP contribution in [0.15, 0.2) is 69.9 Å². The molecule has 0 unspecified atom stereocenters. The second-order valence-electron chi connectivity index (χ2n) is 29.5. The van der Waals surface area contributed by atoms with E-state index in [0.29, 0.717) is 6.42 Å². The van der Waals surface area contributed by atoms with Crippen molar-refractivity contribution in [3.63, 3.8) is 0 Å². The van der Waals surface area contributed by atoms with Crippen molar-refractivity contribution in [1.82, 2.24) is 20.9 Å². The zero-order valence-electron chi connectivity index (χ0n) is 70.9. The number of aliphatic imine (C=N–C) groups is 14. The van der Waals surface area contributed by atoms with E-state index in [1.54, 1.807) is 27.7 Å². The zero-order chi connectivity index (χ0) is 96.9. The molecule has 0 aromatic heterocycles. The Labute approximate surface area is 727 Å².